The molecule has 1 unspecified atom stereocenters. The van der Waals surface area contributed by atoms with Crippen molar-refractivity contribution in [2.75, 3.05) is 39.4 Å². The lowest BCUT2D eigenvalue weighted by molar-refractivity contribution is -0.129. The summed E-state index contributed by atoms with van der Waals surface area (Å²) in [5.41, 5.74) is 2.60. The molecule has 5 rings (SSSR count). The number of amides is 1. The Balaban J connectivity index is 1.50. The number of carbonyl (C=O) groups excluding carboxylic acids is 2. The molecule has 0 saturated carbocycles. The minimum atomic E-state index is -0.680. The van der Waals surface area contributed by atoms with E-state index in [9.17, 15) is 14.7 Å². The molecule has 7 heteroatoms. The number of ketones is 1. The van der Waals surface area contributed by atoms with E-state index in [-0.39, 0.29) is 11.3 Å². The van der Waals surface area contributed by atoms with Gasteiger partial charge in [0.15, 0.2) is 11.5 Å². The molecule has 1 atom stereocenters. The van der Waals surface area contributed by atoms with Crippen LogP contribution in [0.3, 0.4) is 0 Å². The highest BCUT2D eigenvalue weighted by Gasteiger charge is 2.44. The second-order valence-electron chi connectivity index (χ2n) is 8.69. The predicted octanol–water partition coefficient (Wildman–Crippen LogP) is 3.91. The van der Waals surface area contributed by atoms with Crippen LogP contribution in [0.5, 0.6) is 0 Å². The average Bonchev–Trinajstić information content (AvgIpc) is 3.42. The molecule has 1 amide bonds. The Morgan fingerprint density at radius 1 is 1.06 bits per heavy atom. The second kappa shape index (κ2) is 9.44. The van der Waals surface area contributed by atoms with E-state index >= 15 is 0 Å². The topological polar surface area (TPSA) is 83.2 Å². The van der Waals surface area contributed by atoms with Crippen LogP contribution in [0.1, 0.15) is 34.6 Å². The largest absolute Gasteiger partial charge is 0.503 e. The second-order valence-corrected chi connectivity index (χ2v) is 8.69. The van der Waals surface area contributed by atoms with Gasteiger partial charge in [-0.05, 0) is 29.7 Å². The number of aliphatic hydroxyl groups excluding tert-OH is 1. The van der Waals surface area contributed by atoms with Crippen molar-refractivity contribution < 1.29 is 23.8 Å². The monoisotopic (exact) mass is 460 g/mol. The molecule has 1 fully saturated rings. The van der Waals surface area contributed by atoms with Crippen LogP contribution in [0, 0.1) is 0 Å². The standard InChI is InChI=1S/C27H28N2O5/c1-2-18-7-9-19(10-8-18)24-23(25(30)22-17-20-5-3-4-6-21(20)34-22)26(31)27(32)29(24)12-11-28-13-15-33-16-14-28/h3-10,17,24,31H,2,11-16H2,1H3. The summed E-state index contributed by atoms with van der Waals surface area (Å²) in [4.78, 5) is 30.6. The van der Waals surface area contributed by atoms with Crippen molar-refractivity contribution in [1.29, 1.82) is 0 Å². The average molecular weight is 461 g/mol. The molecule has 0 radical (unpaired) electrons. The number of hydrogen-bond acceptors (Lipinski definition) is 6. The van der Waals surface area contributed by atoms with E-state index in [1.807, 2.05) is 42.5 Å². The molecule has 0 aliphatic carbocycles. The first-order chi connectivity index (χ1) is 16.6. The number of hydrogen-bond donors (Lipinski definition) is 1. The third-order valence-corrected chi connectivity index (χ3v) is 6.66. The van der Waals surface area contributed by atoms with Crippen LogP contribution < -0.4 is 0 Å². The summed E-state index contributed by atoms with van der Waals surface area (Å²) in [5, 5.41) is 11.7. The number of para-hydroxylation sites is 1. The number of aliphatic hydroxyl groups is 1. The zero-order valence-electron chi connectivity index (χ0n) is 19.2. The highest BCUT2D eigenvalue weighted by atomic mass is 16.5. The van der Waals surface area contributed by atoms with E-state index < -0.39 is 23.5 Å². The van der Waals surface area contributed by atoms with E-state index in [0.717, 1.165) is 36.0 Å². The predicted molar refractivity (Wildman–Crippen MR) is 128 cm³/mol. The lowest BCUT2D eigenvalue weighted by Crippen LogP contribution is -2.43. The third-order valence-electron chi connectivity index (χ3n) is 6.66. The molecule has 176 valence electrons. The molecule has 2 aromatic carbocycles. The Hall–Kier alpha value is -3.42. The highest BCUT2D eigenvalue weighted by Crippen LogP contribution is 2.39. The van der Waals surface area contributed by atoms with E-state index in [2.05, 4.69) is 11.8 Å². The van der Waals surface area contributed by atoms with Crippen molar-refractivity contribution in [3.05, 3.63) is 82.8 Å². The number of rotatable bonds is 7. The molecule has 34 heavy (non-hydrogen) atoms. The lowest BCUT2D eigenvalue weighted by atomic mass is 9.94. The summed E-state index contributed by atoms with van der Waals surface area (Å²) in [6.07, 6.45) is 0.885. The Morgan fingerprint density at radius 2 is 1.79 bits per heavy atom. The number of benzene rings is 2. The van der Waals surface area contributed by atoms with E-state index in [1.165, 1.54) is 0 Å². The smallest absolute Gasteiger partial charge is 0.290 e. The molecule has 2 aliphatic heterocycles. The highest BCUT2D eigenvalue weighted by molar-refractivity contribution is 6.16. The van der Waals surface area contributed by atoms with Gasteiger partial charge in [-0.3, -0.25) is 14.5 Å². The Morgan fingerprint density at radius 3 is 2.50 bits per heavy atom. The SMILES string of the molecule is CCc1ccc(C2C(C(=O)c3cc4ccccc4o3)=C(O)C(=O)N2CCN2CCOCC2)cc1. The van der Waals surface area contributed by atoms with Crippen LogP contribution in [-0.2, 0) is 16.0 Å². The van der Waals surface area contributed by atoms with Crippen molar-refractivity contribution in [1.82, 2.24) is 9.80 Å². The molecular weight excluding hydrogens is 432 g/mol. The first-order valence-electron chi connectivity index (χ1n) is 11.7. The lowest BCUT2D eigenvalue weighted by Gasteiger charge is -2.31. The van der Waals surface area contributed by atoms with Gasteiger partial charge in [0.2, 0.25) is 5.78 Å². The molecule has 3 heterocycles. The fourth-order valence-corrected chi connectivity index (χ4v) is 4.70. The zero-order chi connectivity index (χ0) is 23.7. The van der Waals surface area contributed by atoms with Crippen LogP contribution in [0.2, 0.25) is 0 Å². The number of aryl methyl sites for hydroxylation is 1. The van der Waals surface area contributed by atoms with Gasteiger partial charge in [-0.2, -0.15) is 0 Å². The van der Waals surface area contributed by atoms with Crippen molar-refractivity contribution in [2.45, 2.75) is 19.4 Å². The van der Waals surface area contributed by atoms with E-state index in [1.54, 1.807) is 17.0 Å². The van der Waals surface area contributed by atoms with E-state index in [4.69, 9.17) is 9.15 Å². The maximum atomic E-state index is 13.6. The summed E-state index contributed by atoms with van der Waals surface area (Å²) < 4.78 is 11.2. The van der Waals surface area contributed by atoms with Crippen molar-refractivity contribution in [3.8, 4) is 0 Å². The van der Waals surface area contributed by atoms with Crippen molar-refractivity contribution >= 4 is 22.7 Å². The minimum absolute atomic E-state index is 0.0651. The number of Topliss-reactive ketones (excluding diaryl/α,β-unsaturated/α-hetero) is 1. The Labute approximate surface area is 198 Å². The molecule has 0 spiro atoms. The van der Waals surface area contributed by atoms with Gasteiger partial charge in [-0.25, -0.2) is 0 Å². The molecule has 1 N–H and O–H groups in total. The number of carbonyl (C=O) groups is 2. The van der Waals surface area contributed by atoms with Gasteiger partial charge in [0.25, 0.3) is 5.91 Å². The zero-order valence-corrected chi connectivity index (χ0v) is 19.2. The van der Waals surface area contributed by atoms with Gasteiger partial charge in [-0.1, -0.05) is 49.4 Å². The molecule has 7 nitrogen and oxygen atoms in total. The summed E-state index contributed by atoms with van der Waals surface area (Å²) in [7, 11) is 0. The summed E-state index contributed by atoms with van der Waals surface area (Å²) >= 11 is 0. The number of fused-ring (bicyclic) bond motifs is 1. The van der Waals surface area contributed by atoms with Crippen LogP contribution >= 0.6 is 0 Å². The number of furan rings is 1. The first-order valence-corrected chi connectivity index (χ1v) is 11.7. The molecular formula is C27H28N2O5. The summed E-state index contributed by atoms with van der Waals surface area (Å²) in [6, 6.07) is 16.2. The van der Waals surface area contributed by atoms with Crippen LogP contribution in [0.15, 0.2) is 70.3 Å². The Bertz CT molecular complexity index is 1200. The van der Waals surface area contributed by atoms with Gasteiger partial charge in [0.1, 0.15) is 5.58 Å². The quantitative estimate of drug-likeness (QED) is 0.539. The van der Waals surface area contributed by atoms with Gasteiger partial charge >= 0.3 is 0 Å². The molecule has 0 bridgehead atoms. The summed E-state index contributed by atoms with van der Waals surface area (Å²) in [6.45, 7) is 6.01. The van der Waals surface area contributed by atoms with Crippen LogP contribution in [-0.4, -0.2) is 66.0 Å². The third kappa shape index (κ3) is 4.13. The van der Waals surface area contributed by atoms with Crippen molar-refractivity contribution in [3.63, 3.8) is 0 Å². The normalized spacial score (nSPS) is 19.4. The summed E-state index contributed by atoms with van der Waals surface area (Å²) in [5.74, 6) is -1.39. The number of ether oxygens (including phenoxy) is 1. The minimum Gasteiger partial charge on any atom is -0.503 e. The molecule has 3 aromatic rings. The Kier molecular flexibility index (Phi) is 6.22. The van der Waals surface area contributed by atoms with Gasteiger partial charge in [-0.15, -0.1) is 0 Å². The molecule has 1 saturated heterocycles. The number of morpholine rings is 1. The fourth-order valence-electron chi connectivity index (χ4n) is 4.70. The van der Waals surface area contributed by atoms with Gasteiger partial charge < -0.3 is 19.2 Å². The molecule has 1 aromatic heterocycles. The maximum Gasteiger partial charge on any atom is 0.290 e. The number of nitrogens with zero attached hydrogens (tertiary/aromatic N) is 2. The fraction of sp³-hybridized carbons (Fsp3) is 0.333. The van der Waals surface area contributed by atoms with Gasteiger partial charge in [0, 0.05) is 31.6 Å². The van der Waals surface area contributed by atoms with Gasteiger partial charge in [0.05, 0.1) is 24.8 Å². The van der Waals surface area contributed by atoms with Crippen LogP contribution in [0.4, 0.5) is 0 Å². The first kappa shape index (κ1) is 22.4. The van der Waals surface area contributed by atoms with Crippen molar-refractivity contribution in [2.24, 2.45) is 0 Å². The van der Waals surface area contributed by atoms with Crippen LogP contribution in [0.25, 0.3) is 11.0 Å². The molecule has 2 aliphatic rings. The van der Waals surface area contributed by atoms with E-state index in [0.29, 0.717) is 31.9 Å². The maximum absolute atomic E-state index is 13.6.